The minimum absolute atomic E-state index is 0. The Morgan fingerprint density at radius 1 is 1.27 bits per heavy atom. The number of hydrogen-bond acceptors (Lipinski definition) is 3. The molecule has 26 heavy (non-hydrogen) atoms. The Morgan fingerprint density at radius 3 is 2.77 bits per heavy atom. The lowest BCUT2D eigenvalue weighted by Gasteiger charge is -2.20. The van der Waals surface area contributed by atoms with Gasteiger partial charge >= 0.3 is 0 Å². The number of nitrogens with zero attached hydrogens (tertiary/aromatic N) is 2. The van der Waals surface area contributed by atoms with Crippen LogP contribution in [0.15, 0.2) is 52.8 Å². The molecule has 142 valence electrons. The van der Waals surface area contributed by atoms with Crippen molar-refractivity contribution in [3.8, 4) is 0 Å². The molecule has 1 aromatic heterocycles. The second-order valence-corrected chi connectivity index (χ2v) is 7.53. The van der Waals surface area contributed by atoms with Gasteiger partial charge in [-0.1, -0.05) is 31.2 Å². The molecule has 0 saturated carbocycles. The van der Waals surface area contributed by atoms with Gasteiger partial charge in [0.2, 0.25) is 0 Å². The molecule has 0 bridgehead atoms. The molecule has 4 nitrogen and oxygen atoms in total. The van der Waals surface area contributed by atoms with Crippen LogP contribution >= 0.6 is 35.3 Å². The maximum Gasteiger partial charge on any atom is 0.191 e. The van der Waals surface area contributed by atoms with E-state index in [9.17, 15) is 0 Å². The van der Waals surface area contributed by atoms with Gasteiger partial charge in [0, 0.05) is 42.2 Å². The molecular formula is C20H29IN4S. The van der Waals surface area contributed by atoms with Crippen molar-refractivity contribution in [1.29, 1.82) is 0 Å². The fraction of sp³-hybridized carbons (Fsp3) is 0.450. The summed E-state index contributed by atoms with van der Waals surface area (Å²) in [5, 5.41) is 9.14. The van der Waals surface area contributed by atoms with Crippen molar-refractivity contribution in [2.45, 2.75) is 32.2 Å². The highest BCUT2D eigenvalue weighted by atomic mass is 127. The van der Waals surface area contributed by atoms with Crippen LogP contribution in [0, 0.1) is 0 Å². The third-order valence-electron chi connectivity index (χ3n) is 4.55. The van der Waals surface area contributed by atoms with Crippen LogP contribution in [0.3, 0.4) is 0 Å². The summed E-state index contributed by atoms with van der Waals surface area (Å²) in [7, 11) is 0. The summed E-state index contributed by atoms with van der Waals surface area (Å²) < 4.78 is 0. The highest BCUT2D eigenvalue weighted by Crippen LogP contribution is 2.21. The van der Waals surface area contributed by atoms with Gasteiger partial charge in [-0.05, 0) is 36.9 Å². The molecule has 0 radical (unpaired) electrons. The fourth-order valence-electron chi connectivity index (χ4n) is 3.15. The highest BCUT2D eigenvalue weighted by molar-refractivity contribution is 14.0. The van der Waals surface area contributed by atoms with Gasteiger partial charge in [-0.2, -0.15) is 0 Å². The molecule has 2 unspecified atom stereocenters. The number of anilines is 1. The van der Waals surface area contributed by atoms with Crippen LogP contribution < -0.4 is 15.5 Å². The van der Waals surface area contributed by atoms with E-state index in [4.69, 9.17) is 4.99 Å². The van der Waals surface area contributed by atoms with Gasteiger partial charge in [0.15, 0.2) is 5.96 Å². The Labute approximate surface area is 178 Å². The highest BCUT2D eigenvalue weighted by Gasteiger charge is 2.23. The summed E-state index contributed by atoms with van der Waals surface area (Å²) in [5.74, 6) is 1.39. The van der Waals surface area contributed by atoms with Crippen LogP contribution in [0.5, 0.6) is 0 Å². The smallest absolute Gasteiger partial charge is 0.191 e. The minimum Gasteiger partial charge on any atom is -0.369 e. The van der Waals surface area contributed by atoms with Crippen molar-refractivity contribution >= 4 is 47.0 Å². The fourth-order valence-corrected chi connectivity index (χ4v) is 3.93. The van der Waals surface area contributed by atoms with Gasteiger partial charge in [-0.15, -0.1) is 35.3 Å². The van der Waals surface area contributed by atoms with Gasteiger partial charge in [0.05, 0.1) is 6.54 Å². The predicted octanol–water partition coefficient (Wildman–Crippen LogP) is 4.30. The largest absolute Gasteiger partial charge is 0.369 e. The van der Waals surface area contributed by atoms with E-state index in [1.165, 1.54) is 10.6 Å². The lowest BCUT2D eigenvalue weighted by Crippen LogP contribution is -2.44. The average molecular weight is 484 g/mol. The molecule has 1 saturated heterocycles. The predicted molar refractivity (Wildman–Crippen MR) is 124 cm³/mol. The molecule has 1 aromatic carbocycles. The quantitative estimate of drug-likeness (QED) is 0.365. The topological polar surface area (TPSA) is 39.7 Å². The van der Waals surface area contributed by atoms with Crippen LogP contribution in [-0.4, -0.2) is 38.2 Å². The number of para-hydroxylation sites is 1. The number of guanidine groups is 1. The van der Waals surface area contributed by atoms with Gasteiger partial charge in [0.1, 0.15) is 0 Å². The molecular weight excluding hydrogens is 455 g/mol. The number of benzene rings is 1. The molecule has 1 aliphatic heterocycles. The third-order valence-corrected chi connectivity index (χ3v) is 5.65. The Balaban J connectivity index is 0.00000243. The maximum absolute atomic E-state index is 4.81. The minimum atomic E-state index is 0. The second-order valence-electron chi connectivity index (χ2n) is 6.55. The lowest BCUT2D eigenvalue weighted by molar-refractivity contribution is 0.645. The first-order chi connectivity index (χ1) is 12.3. The van der Waals surface area contributed by atoms with Crippen molar-refractivity contribution in [2.75, 3.05) is 31.1 Å². The standard InChI is InChI=1S/C20H28N4S.HI/c1-3-21-20(22-14-16(2)19-10-7-13-25-19)23-17-11-12-24(15-17)18-8-5-4-6-9-18;/h4-10,13,16-17H,3,11-12,14-15H2,1-2H3,(H2,21,22,23);1H. The summed E-state index contributed by atoms with van der Waals surface area (Å²) in [5.41, 5.74) is 1.31. The molecule has 3 rings (SSSR count). The lowest BCUT2D eigenvalue weighted by atomic mass is 10.1. The van der Waals surface area contributed by atoms with Gasteiger partial charge in [0.25, 0.3) is 0 Å². The molecule has 2 heterocycles. The normalized spacial score (nSPS) is 18.3. The van der Waals surface area contributed by atoms with Crippen LogP contribution in [-0.2, 0) is 0 Å². The van der Waals surface area contributed by atoms with E-state index < -0.39 is 0 Å². The van der Waals surface area contributed by atoms with Crippen LogP contribution in [0.4, 0.5) is 5.69 Å². The Morgan fingerprint density at radius 2 is 2.08 bits per heavy atom. The Bertz CT molecular complexity index is 660. The van der Waals surface area contributed by atoms with Crippen molar-refractivity contribution in [3.63, 3.8) is 0 Å². The number of nitrogens with one attached hydrogen (secondary N) is 2. The molecule has 0 spiro atoms. The van der Waals surface area contributed by atoms with E-state index in [0.29, 0.717) is 12.0 Å². The summed E-state index contributed by atoms with van der Waals surface area (Å²) in [6.45, 7) is 8.16. The third kappa shape index (κ3) is 5.87. The van der Waals surface area contributed by atoms with Crippen LogP contribution in [0.25, 0.3) is 0 Å². The zero-order valence-corrected chi connectivity index (χ0v) is 18.7. The number of halogens is 1. The van der Waals surface area contributed by atoms with Gasteiger partial charge in [-0.25, -0.2) is 0 Å². The first-order valence-corrected chi connectivity index (χ1v) is 10.0. The number of aliphatic imine (C=N–C) groups is 1. The van der Waals surface area contributed by atoms with Crippen molar-refractivity contribution in [1.82, 2.24) is 10.6 Å². The summed E-state index contributed by atoms with van der Waals surface area (Å²) in [4.78, 5) is 8.65. The van der Waals surface area contributed by atoms with Crippen molar-refractivity contribution in [3.05, 3.63) is 52.7 Å². The molecule has 1 aliphatic rings. The number of hydrogen-bond donors (Lipinski definition) is 2. The zero-order valence-electron chi connectivity index (χ0n) is 15.5. The number of rotatable bonds is 6. The van der Waals surface area contributed by atoms with E-state index in [-0.39, 0.29) is 24.0 Å². The first kappa shape index (κ1) is 21.0. The monoisotopic (exact) mass is 484 g/mol. The number of thiophene rings is 1. The van der Waals surface area contributed by atoms with Crippen LogP contribution in [0.2, 0.25) is 0 Å². The molecule has 1 fully saturated rings. The van der Waals surface area contributed by atoms with Gasteiger partial charge in [-0.3, -0.25) is 4.99 Å². The summed E-state index contributed by atoms with van der Waals surface area (Å²) in [6.07, 6.45) is 1.14. The maximum atomic E-state index is 4.81. The van der Waals surface area contributed by atoms with E-state index in [0.717, 1.165) is 38.6 Å². The van der Waals surface area contributed by atoms with Crippen molar-refractivity contribution < 1.29 is 0 Å². The summed E-state index contributed by atoms with van der Waals surface area (Å²) >= 11 is 1.81. The van der Waals surface area contributed by atoms with Crippen molar-refractivity contribution in [2.24, 2.45) is 4.99 Å². The molecule has 2 aromatic rings. The first-order valence-electron chi connectivity index (χ1n) is 9.14. The molecule has 0 aliphatic carbocycles. The van der Waals surface area contributed by atoms with E-state index in [2.05, 4.69) is 77.2 Å². The van der Waals surface area contributed by atoms with E-state index >= 15 is 0 Å². The molecule has 6 heteroatoms. The molecule has 0 amide bonds. The van der Waals surface area contributed by atoms with Gasteiger partial charge < -0.3 is 15.5 Å². The van der Waals surface area contributed by atoms with E-state index in [1.54, 1.807) is 0 Å². The average Bonchev–Trinajstić information content (AvgIpc) is 3.32. The molecule has 2 N–H and O–H groups in total. The summed E-state index contributed by atoms with van der Waals surface area (Å²) in [6, 6.07) is 15.4. The Kier molecular flexibility index (Phi) is 8.71. The molecule has 2 atom stereocenters. The Hall–Kier alpha value is -1.28. The second kappa shape index (κ2) is 10.8. The zero-order chi connectivity index (χ0) is 17.5. The van der Waals surface area contributed by atoms with Crippen LogP contribution in [0.1, 0.15) is 31.1 Å². The van der Waals surface area contributed by atoms with E-state index in [1.807, 2.05) is 11.3 Å². The SMILES string of the molecule is CCNC(=NCC(C)c1cccs1)NC1CCN(c2ccccc2)C1.I.